The zero-order chi connectivity index (χ0) is 16.1. The standard InChI is InChI=1S/C20H27NO/c1-5-19(22)18(17-9-7-6-8-10-17)13-21-20-15(3)11-14(2)12-16(20)4/h6-12,18-19,21-22H,5,13H2,1-4H3. The van der Waals surface area contributed by atoms with Crippen LogP contribution in [0.15, 0.2) is 42.5 Å². The van der Waals surface area contributed by atoms with Crippen molar-refractivity contribution >= 4 is 5.69 Å². The van der Waals surface area contributed by atoms with E-state index in [-0.39, 0.29) is 12.0 Å². The molecule has 0 heterocycles. The van der Waals surface area contributed by atoms with Gasteiger partial charge in [0.05, 0.1) is 6.10 Å². The second-order valence-corrected chi connectivity index (χ2v) is 6.15. The highest BCUT2D eigenvalue weighted by Crippen LogP contribution is 2.26. The minimum atomic E-state index is -0.332. The van der Waals surface area contributed by atoms with E-state index in [0.717, 1.165) is 13.0 Å². The highest BCUT2D eigenvalue weighted by Gasteiger charge is 2.20. The van der Waals surface area contributed by atoms with Gasteiger partial charge in [-0.25, -0.2) is 0 Å². The smallest absolute Gasteiger partial charge is 0.0623 e. The van der Waals surface area contributed by atoms with Crippen molar-refractivity contribution in [2.75, 3.05) is 11.9 Å². The van der Waals surface area contributed by atoms with Crippen molar-refractivity contribution in [3.63, 3.8) is 0 Å². The van der Waals surface area contributed by atoms with E-state index in [1.807, 2.05) is 25.1 Å². The third-order valence-electron chi connectivity index (χ3n) is 4.29. The van der Waals surface area contributed by atoms with Crippen LogP contribution in [0.2, 0.25) is 0 Å². The topological polar surface area (TPSA) is 32.3 Å². The van der Waals surface area contributed by atoms with Gasteiger partial charge in [0.15, 0.2) is 0 Å². The summed E-state index contributed by atoms with van der Waals surface area (Å²) in [6.07, 6.45) is 0.425. The fourth-order valence-electron chi connectivity index (χ4n) is 3.13. The highest BCUT2D eigenvalue weighted by atomic mass is 16.3. The minimum Gasteiger partial charge on any atom is -0.392 e. The Kier molecular flexibility index (Phi) is 5.62. The Labute approximate surface area is 134 Å². The van der Waals surface area contributed by atoms with Crippen molar-refractivity contribution in [3.8, 4) is 0 Å². The van der Waals surface area contributed by atoms with E-state index in [9.17, 15) is 5.11 Å². The average Bonchev–Trinajstić information content (AvgIpc) is 2.50. The van der Waals surface area contributed by atoms with E-state index in [4.69, 9.17) is 0 Å². The van der Waals surface area contributed by atoms with Crippen molar-refractivity contribution in [3.05, 3.63) is 64.7 Å². The fourth-order valence-corrected chi connectivity index (χ4v) is 3.13. The summed E-state index contributed by atoms with van der Waals surface area (Å²) in [6, 6.07) is 14.7. The van der Waals surface area contributed by atoms with E-state index in [2.05, 4.69) is 50.4 Å². The second-order valence-electron chi connectivity index (χ2n) is 6.15. The van der Waals surface area contributed by atoms with Crippen LogP contribution in [0, 0.1) is 20.8 Å². The van der Waals surface area contributed by atoms with Gasteiger partial charge in [0.2, 0.25) is 0 Å². The molecule has 0 aliphatic carbocycles. The molecule has 2 nitrogen and oxygen atoms in total. The Balaban J connectivity index is 2.19. The molecule has 2 N–H and O–H groups in total. The van der Waals surface area contributed by atoms with E-state index in [1.165, 1.54) is 27.9 Å². The molecule has 0 amide bonds. The largest absolute Gasteiger partial charge is 0.392 e. The van der Waals surface area contributed by atoms with Crippen molar-refractivity contribution in [1.29, 1.82) is 0 Å². The molecule has 0 bridgehead atoms. The maximum atomic E-state index is 10.4. The third kappa shape index (κ3) is 3.89. The van der Waals surface area contributed by atoms with Crippen molar-refractivity contribution in [1.82, 2.24) is 0 Å². The number of rotatable bonds is 6. The van der Waals surface area contributed by atoms with Crippen LogP contribution >= 0.6 is 0 Å². The normalized spacial score (nSPS) is 13.7. The second kappa shape index (κ2) is 7.46. The van der Waals surface area contributed by atoms with Crippen LogP contribution in [0.4, 0.5) is 5.69 Å². The van der Waals surface area contributed by atoms with Crippen LogP contribution in [-0.4, -0.2) is 17.8 Å². The van der Waals surface area contributed by atoms with Gasteiger partial charge in [-0.2, -0.15) is 0 Å². The lowest BCUT2D eigenvalue weighted by atomic mass is 9.91. The lowest BCUT2D eigenvalue weighted by molar-refractivity contribution is 0.143. The molecule has 22 heavy (non-hydrogen) atoms. The summed E-state index contributed by atoms with van der Waals surface area (Å²) in [4.78, 5) is 0. The number of hydrogen-bond donors (Lipinski definition) is 2. The zero-order valence-corrected chi connectivity index (χ0v) is 14.1. The number of nitrogens with one attached hydrogen (secondary N) is 1. The van der Waals surface area contributed by atoms with Crippen LogP contribution < -0.4 is 5.32 Å². The summed E-state index contributed by atoms with van der Waals surface area (Å²) < 4.78 is 0. The lowest BCUT2D eigenvalue weighted by Crippen LogP contribution is -2.25. The fraction of sp³-hybridized carbons (Fsp3) is 0.400. The number of aliphatic hydroxyl groups excluding tert-OH is 1. The molecule has 0 spiro atoms. The molecule has 0 aliphatic rings. The van der Waals surface area contributed by atoms with Crippen molar-refractivity contribution in [2.45, 2.75) is 46.1 Å². The van der Waals surface area contributed by atoms with E-state index >= 15 is 0 Å². The molecule has 0 aliphatic heterocycles. The molecule has 0 saturated heterocycles. The lowest BCUT2D eigenvalue weighted by Gasteiger charge is -2.24. The van der Waals surface area contributed by atoms with Crippen LogP contribution in [0.3, 0.4) is 0 Å². The first kappa shape index (κ1) is 16.6. The first-order chi connectivity index (χ1) is 10.5. The molecule has 0 saturated carbocycles. The predicted octanol–water partition coefficient (Wildman–Crippen LogP) is 4.58. The van der Waals surface area contributed by atoms with E-state index in [0.29, 0.717) is 0 Å². The van der Waals surface area contributed by atoms with Crippen molar-refractivity contribution < 1.29 is 5.11 Å². The monoisotopic (exact) mass is 297 g/mol. The minimum absolute atomic E-state index is 0.103. The summed E-state index contributed by atoms with van der Waals surface area (Å²) >= 11 is 0. The maximum absolute atomic E-state index is 10.4. The van der Waals surface area contributed by atoms with Gasteiger partial charge in [-0.15, -0.1) is 0 Å². The molecule has 2 unspecified atom stereocenters. The first-order valence-electron chi connectivity index (χ1n) is 8.07. The SMILES string of the molecule is CCC(O)C(CNc1c(C)cc(C)cc1C)c1ccccc1. The molecule has 2 aromatic carbocycles. The molecule has 2 rings (SSSR count). The van der Waals surface area contributed by atoms with Crippen LogP contribution in [0.5, 0.6) is 0 Å². The van der Waals surface area contributed by atoms with Gasteiger partial charge < -0.3 is 10.4 Å². The van der Waals surface area contributed by atoms with Gasteiger partial charge in [-0.05, 0) is 43.9 Å². The summed E-state index contributed by atoms with van der Waals surface area (Å²) in [5, 5.41) is 14.0. The quantitative estimate of drug-likeness (QED) is 0.818. The molecule has 2 heteroatoms. The molecule has 0 radical (unpaired) electrons. The highest BCUT2D eigenvalue weighted by molar-refractivity contribution is 5.58. The van der Waals surface area contributed by atoms with Gasteiger partial charge in [-0.1, -0.05) is 55.0 Å². The predicted molar refractivity (Wildman–Crippen MR) is 94.6 cm³/mol. The number of aryl methyl sites for hydroxylation is 3. The summed E-state index contributed by atoms with van der Waals surface area (Å²) in [5.41, 5.74) is 6.18. The number of hydrogen-bond acceptors (Lipinski definition) is 2. The maximum Gasteiger partial charge on any atom is 0.0623 e. The van der Waals surface area contributed by atoms with Crippen LogP contribution in [0.1, 0.15) is 41.5 Å². The third-order valence-corrected chi connectivity index (χ3v) is 4.29. The number of anilines is 1. The molecular formula is C20H27NO. The number of aliphatic hydroxyl groups is 1. The Hall–Kier alpha value is -1.80. The van der Waals surface area contributed by atoms with Gasteiger partial charge in [-0.3, -0.25) is 0 Å². The van der Waals surface area contributed by atoms with Gasteiger partial charge in [0, 0.05) is 18.2 Å². The van der Waals surface area contributed by atoms with Gasteiger partial charge >= 0.3 is 0 Å². The van der Waals surface area contributed by atoms with Crippen molar-refractivity contribution in [2.24, 2.45) is 0 Å². The van der Waals surface area contributed by atoms with E-state index < -0.39 is 0 Å². The summed E-state index contributed by atoms with van der Waals surface area (Å²) in [7, 11) is 0. The zero-order valence-electron chi connectivity index (χ0n) is 14.1. The van der Waals surface area contributed by atoms with Crippen LogP contribution in [-0.2, 0) is 0 Å². The molecular weight excluding hydrogens is 270 g/mol. The Morgan fingerprint density at radius 3 is 2.14 bits per heavy atom. The Morgan fingerprint density at radius 2 is 1.59 bits per heavy atom. The summed E-state index contributed by atoms with van der Waals surface area (Å²) in [5.74, 6) is 0.103. The molecule has 118 valence electrons. The van der Waals surface area contributed by atoms with Gasteiger partial charge in [0.1, 0.15) is 0 Å². The molecule has 2 atom stereocenters. The first-order valence-corrected chi connectivity index (χ1v) is 8.07. The van der Waals surface area contributed by atoms with E-state index in [1.54, 1.807) is 0 Å². The molecule has 2 aromatic rings. The summed E-state index contributed by atoms with van der Waals surface area (Å²) in [6.45, 7) is 9.16. The Morgan fingerprint density at radius 1 is 1.00 bits per heavy atom. The molecule has 0 aromatic heterocycles. The number of benzene rings is 2. The van der Waals surface area contributed by atoms with Crippen LogP contribution in [0.25, 0.3) is 0 Å². The molecule has 0 fully saturated rings. The Bertz CT molecular complexity index is 583. The van der Waals surface area contributed by atoms with Gasteiger partial charge in [0.25, 0.3) is 0 Å². The average molecular weight is 297 g/mol.